The van der Waals surface area contributed by atoms with Gasteiger partial charge in [-0.05, 0) is 40.2 Å². The Morgan fingerprint density at radius 2 is 2.29 bits per heavy atom. The van der Waals surface area contributed by atoms with E-state index >= 15 is 0 Å². The van der Waals surface area contributed by atoms with Gasteiger partial charge in [0.25, 0.3) is 0 Å². The van der Waals surface area contributed by atoms with Gasteiger partial charge in [-0.15, -0.1) is 0 Å². The van der Waals surface area contributed by atoms with E-state index in [-0.39, 0.29) is 0 Å². The standard InChI is InChI=1S/C12H19ClN4/c1-10-11(13)8-17(16-10)7-5-4-6-12(2,9-14)15-3/h8,15H,4-7H2,1-3H3. The first-order valence-corrected chi connectivity index (χ1v) is 6.18. The van der Waals surface area contributed by atoms with Gasteiger partial charge in [0.2, 0.25) is 0 Å². The molecule has 1 unspecified atom stereocenters. The minimum absolute atomic E-state index is 0.419. The Hall–Kier alpha value is -1.05. The number of rotatable bonds is 6. The molecule has 0 radical (unpaired) electrons. The smallest absolute Gasteiger partial charge is 0.103 e. The first-order chi connectivity index (χ1) is 8.00. The maximum Gasteiger partial charge on any atom is 0.103 e. The second-order valence-electron chi connectivity index (χ2n) is 4.48. The van der Waals surface area contributed by atoms with E-state index < -0.39 is 5.54 Å². The molecule has 0 saturated heterocycles. The van der Waals surface area contributed by atoms with Crippen molar-refractivity contribution in [2.45, 2.75) is 45.2 Å². The third-order valence-electron chi connectivity index (χ3n) is 3.00. The van der Waals surface area contributed by atoms with Crippen LogP contribution >= 0.6 is 11.6 Å². The van der Waals surface area contributed by atoms with Crippen LogP contribution in [0.1, 0.15) is 31.9 Å². The summed E-state index contributed by atoms with van der Waals surface area (Å²) in [6, 6.07) is 2.29. The Kier molecular flexibility index (Phi) is 4.98. The van der Waals surface area contributed by atoms with Gasteiger partial charge in [-0.25, -0.2) is 0 Å². The maximum atomic E-state index is 8.99. The fraction of sp³-hybridized carbons (Fsp3) is 0.667. The second kappa shape index (κ2) is 6.04. The summed E-state index contributed by atoms with van der Waals surface area (Å²) in [4.78, 5) is 0. The van der Waals surface area contributed by atoms with E-state index in [4.69, 9.17) is 16.9 Å². The predicted molar refractivity (Wildman–Crippen MR) is 68.9 cm³/mol. The van der Waals surface area contributed by atoms with Crippen LogP contribution in [0.3, 0.4) is 0 Å². The summed E-state index contributed by atoms with van der Waals surface area (Å²) in [5, 5.41) is 17.0. The van der Waals surface area contributed by atoms with Gasteiger partial charge in [0.15, 0.2) is 0 Å². The number of aromatic nitrogens is 2. The first-order valence-electron chi connectivity index (χ1n) is 5.80. The van der Waals surface area contributed by atoms with Gasteiger partial charge in [0.05, 0.1) is 16.8 Å². The monoisotopic (exact) mass is 254 g/mol. The highest BCUT2D eigenvalue weighted by Crippen LogP contribution is 2.15. The molecule has 0 aromatic carbocycles. The molecule has 0 saturated carbocycles. The highest BCUT2D eigenvalue weighted by molar-refractivity contribution is 6.31. The van der Waals surface area contributed by atoms with Gasteiger partial charge >= 0.3 is 0 Å². The largest absolute Gasteiger partial charge is 0.303 e. The number of nitriles is 1. The van der Waals surface area contributed by atoms with Gasteiger partial charge in [-0.1, -0.05) is 11.6 Å². The van der Waals surface area contributed by atoms with E-state index in [0.29, 0.717) is 5.02 Å². The molecule has 1 aromatic rings. The minimum atomic E-state index is -0.419. The first kappa shape index (κ1) is 14.0. The summed E-state index contributed by atoms with van der Waals surface area (Å²) in [5.41, 5.74) is 0.446. The van der Waals surface area contributed by atoms with Gasteiger partial charge < -0.3 is 5.32 Å². The topological polar surface area (TPSA) is 53.6 Å². The van der Waals surface area contributed by atoms with Gasteiger partial charge in [-0.2, -0.15) is 10.4 Å². The van der Waals surface area contributed by atoms with Crippen LogP contribution in [-0.2, 0) is 6.54 Å². The van der Waals surface area contributed by atoms with Crippen molar-refractivity contribution in [1.29, 1.82) is 5.26 Å². The molecule has 1 heterocycles. The van der Waals surface area contributed by atoms with E-state index in [9.17, 15) is 0 Å². The zero-order valence-electron chi connectivity index (χ0n) is 10.6. The molecule has 1 aromatic heterocycles. The molecule has 1 atom stereocenters. The zero-order valence-corrected chi connectivity index (χ0v) is 11.4. The molecule has 4 nitrogen and oxygen atoms in total. The van der Waals surface area contributed by atoms with Crippen molar-refractivity contribution in [3.05, 3.63) is 16.9 Å². The lowest BCUT2D eigenvalue weighted by Crippen LogP contribution is -2.37. The van der Waals surface area contributed by atoms with E-state index in [2.05, 4.69) is 16.5 Å². The number of nitrogens with zero attached hydrogens (tertiary/aromatic N) is 3. The Morgan fingerprint density at radius 3 is 2.76 bits per heavy atom. The van der Waals surface area contributed by atoms with E-state index in [1.807, 2.05) is 31.8 Å². The Morgan fingerprint density at radius 1 is 1.59 bits per heavy atom. The number of hydrogen-bond donors (Lipinski definition) is 1. The molecule has 1 N–H and O–H groups in total. The molecule has 0 bridgehead atoms. The Balaban J connectivity index is 2.32. The average Bonchev–Trinajstić information content (AvgIpc) is 2.64. The maximum absolute atomic E-state index is 8.99. The van der Waals surface area contributed by atoms with Crippen LogP contribution in [0.15, 0.2) is 6.20 Å². The highest BCUT2D eigenvalue weighted by Gasteiger charge is 2.19. The van der Waals surface area contributed by atoms with Gasteiger partial charge in [-0.3, -0.25) is 4.68 Å². The van der Waals surface area contributed by atoms with Crippen LogP contribution in [-0.4, -0.2) is 22.4 Å². The summed E-state index contributed by atoms with van der Waals surface area (Å²) in [5.74, 6) is 0. The summed E-state index contributed by atoms with van der Waals surface area (Å²) >= 11 is 5.92. The summed E-state index contributed by atoms with van der Waals surface area (Å²) in [7, 11) is 1.82. The Labute approximate surface area is 108 Å². The fourth-order valence-corrected chi connectivity index (χ4v) is 1.75. The molecule has 0 spiro atoms. The van der Waals surface area contributed by atoms with Gasteiger partial charge in [0, 0.05) is 12.7 Å². The molecule has 94 valence electrons. The molecular formula is C12H19ClN4. The van der Waals surface area contributed by atoms with Crippen molar-refractivity contribution in [3.8, 4) is 6.07 Å². The SMILES string of the molecule is CNC(C)(C#N)CCCCn1cc(Cl)c(C)n1. The zero-order chi connectivity index (χ0) is 12.9. The van der Waals surface area contributed by atoms with Crippen LogP contribution in [0, 0.1) is 18.3 Å². The normalized spacial score (nSPS) is 14.3. The van der Waals surface area contributed by atoms with Crippen LogP contribution in [0.5, 0.6) is 0 Å². The average molecular weight is 255 g/mol. The third-order valence-corrected chi connectivity index (χ3v) is 3.37. The number of nitrogens with one attached hydrogen (secondary N) is 1. The van der Waals surface area contributed by atoms with E-state index in [1.165, 1.54) is 0 Å². The molecule has 17 heavy (non-hydrogen) atoms. The summed E-state index contributed by atoms with van der Waals surface area (Å²) in [6.45, 7) is 4.66. The Bertz CT molecular complexity index is 388. The number of hydrogen-bond acceptors (Lipinski definition) is 3. The number of aryl methyl sites for hydroxylation is 2. The van der Waals surface area contributed by atoms with Crippen LogP contribution in [0.2, 0.25) is 5.02 Å². The van der Waals surface area contributed by atoms with Crippen LogP contribution < -0.4 is 5.32 Å². The lowest BCUT2D eigenvalue weighted by atomic mass is 9.97. The van der Waals surface area contributed by atoms with Crippen LogP contribution in [0.4, 0.5) is 0 Å². The van der Waals surface area contributed by atoms with Crippen molar-refractivity contribution in [2.75, 3.05) is 7.05 Å². The van der Waals surface area contributed by atoms with Crippen molar-refractivity contribution < 1.29 is 0 Å². The molecule has 0 aliphatic rings. The molecular weight excluding hydrogens is 236 g/mol. The summed E-state index contributed by atoms with van der Waals surface area (Å²) in [6.07, 6.45) is 4.67. The fourth-order valence-electron chi connectivity index (χ4n) is 1.60. The number of halogens is 1. The third kappa shape index (κ3) is 4.03. The minimum Gasteiger partial charge on any atom is -0.303 e. The quantitative estimate of drug-likeness (QED) is 0.794. The second-order valence-corrected chi connectivity index (χ2v) is 4.88. The van der Waals surface area contributed by atoms with Crippen molar-refractivity contribution in [1.82, 2.24) is 15.1 Å². The van der Waals surface area contributed by atoms with Gasteiger partial charge in [0.1, 0.15) is 5.54 Å². The molecule has 0 aliphatic heterocycles. The van der Waals surface area contributed by atoms with Crippen molar-refractivity contribution >= 4 is 11.6 Å². The molecule has 5 heteroatoms. The highest BCUT2D eigenvalue weighted by atomic mass is 35.5. The van der Waals surface area contributed by atoms with E-state index in [0.717, 1.165) is 31.5 Å². The summed E-state index contributed by atoms with van der Waals surface area (Å²) < 4.78 is 1.86. The molecule has 1 rings (SSSR count). The predicted octanol–water partition coefficient (Wildman–Crippen LogP) is 2.52. The lowest BCUT2D eigenvalue weighted by Gasteiger charge is -2.20. The van der Waals surface area contributed by atoms with Crippen molar-refractivity contribution in [3.63, 3.8) is 0 Å². The van der Waals surface area contributed by atoms with Crippen molar-refractivity contribution in [2.24, 2.45) is 0 Å². The lowest BCUT2D eigenvalue weighted by molar-refractivity contribution is 0.419. The van der Waals surface area contributed by atoms with Crippen LogP contribution in [0.25, 0.3) is 0 Å². The molecule has 0 amide bonds. The number of unbranched alkanes of at least 4 members (excludes halogenated alkanes) is 1. The van der Waals surface area contributed by atoms with E-state index in [1.54, 1.807) is 0 Å². The molecule has 0 fully saturated rings. The molecule has 0 aliphatic carbocycles.